The summed E-state index contributed by atoms with van der Waals surface area (Å²) in [5.41, 5.74) is -0.483. The Balaban J connectivity index is 2.34. The van der Waals surface area contributed by atoms with E-state index in [2.05, 4.69) is 16.7 Å². The molecule has 96 valence electrons. The molecule has 17 heavy (non-hydrogen) atoms. The largest absolute Gasteiger partial charge is 0.444 e. The summed E-state index contributed by atoms with van der Waals surface area (Å²) in [6, 6.07) is 2.29. The number of rotatable bonds is 2. The topological polar surface area (TPSA) is 74.2 Å². The minimum absolute atomic E-state index is 0.0196. The van der Waals surface area contributed by atoms with E-state index in [1.165, 1.54) is 0 Å². The Morgan fingerprint density at radius 2 is 2.29 bits per heavy atom. The van der Waals surface area contributed by atoms with E-state index in [1.54, 1.807) is 0 Å². The van der Waals surface area contributed by atoms with Crippen LogP contribution in [-0.2, 0) is 4.74 Å². The molecule has 5 heteroatoms. The lowest BCUT2D eigenvalue weighted by Crippen LogP contribution is -2.43. The van der Waals surface area contributed by atoms with E-state index in [1.807, 2.05) is 20.8 Å². The van der Waals surface area contributed by atoms with Crippen LogP contribution in [0.3, 0.4) is 0 Å². The highest BCUT2D eigenvalue weighted by molar-refractivity contribution is 5.67. The average molecular weight is 239 g/mol. The SMILES string of the molecule is CC(C)(C)OC(=O)NC[C@@H]1CNCC[C@H]1C#N. The number of nitrogens with one attached hydrogen (secondary N) is 2. The van der Waals surface area contributed by atoms with E-state index in [9.17, 15) is 4.79 Å². The molecular formula is C12H21N3O2. The van der Waals surface area contributed by atoms with Crippen molar-refractivity contribution in [3.63, 3.8) is 0 Å². The number of piperidine rings is 1. The van der Waals surface area contributed by atoms with Crippen molar-refractivity contribution in [2.75, 3.05) is 19.6 Å². The lowest BCUT2D eigenvalue weighted by molar-refractivity contribution is 0.0513. The molecule has 2 N–H and O–H groups in total. The molecule has 2 atom stereocenters. The third-order valence-electron chi connectivity index (χ3n) is 2.68. The van der Waals surface area contributed by atoms with Crippen LogP contribution in [0, 0.1) is 23.2 Å². The van der Waals surface area contributed by atoms with E-state index < -0.39 is 11.7 Å². The lowest BCUT2D eigenvalue weighted by Gasteiger charge is -2.28. The van der Waals surface area contributed by atoms with Gasteiger partial charge in [-0.25, -0.2) is 4.79 Å². The van der Waals surface area contributed by atoms with Gasteiger partial charge < -0.3 is 15.4 Å². The highest BCUT2D eigenvalue weighted by atomic mass is 16.6. The number of alkyl carbamates (subject to hydrolysis) is 1. The molecule has 0 bridgehead atoms. The maximum atomic E-state index is 11.5. The number of nitriles is 1. The average Bonchev–Trinajstić information content (AvgIpc) is 2.24. The highest BCUT2D eigenvalue weighted by Gasteiger charge is 2.25. The second-order valence-electron chi connectivity index (χ2n) is 5.37. The molecular weight excluding hydrogens is 218 g/mol. The molecule has 0 saturated carbocycles. The number of ether oxygens (including phenoxy) is 1. The quantitative estimate of drug-likeness (QED) is 0.760. The zero-order valence-electron chi connectivity index (χ0n) is 10.7. The van der Waals surface area contributed by atoms with Crippen LogP contribution in [0.25, 0.3) is 0 Å². The molecule has 0 aromatic heterocycles. The van der Waals surface area contributed by atoms with Gasteiger partial charge in [0.05, 0.1) is 12.0 Å². The molecule has 0 aromatic rings. The van der Waals surface area contributed by atoms with Crippen molar-refractivity contribution >= 4 is 6.09 Å². The van der Waals surface area contributed by atoms with E-state index >= 15 is 0 Å². The van der Waals surface area contributed by atoms with Crippen LogP contribution in [0.5, 0.6) is 0 Å². The number of hydrogen-bond donors (Lipinski definition) is 2. The van der Waals surface area contributed by atoms with Gasteiger partial charge in [-0.2, -0.15) is 5.26 Å². The van der Waals surface area contributed by atoms with Crippen LogP contribution in [0.4, 0.5) is 4.79 Å². The molecule has 1 fully saturated rings. The van der Waals surface area contributed by atoms with Crippen molar-refractivity contribution in [3.8, 4) is 6.07 Å². The first-order valence-electron chi connectivity index (χ1n) is 5.99. The van der Waals surface area contributed by atoms with Crippen molar-refractivity contribution < 1.29 is 9.53 Å². The number of amides is 1. The summed E-state index contributed by atoms with van der Waals surface area (Å²) < 4.78 is 5.14. The van der Waals surface area contributed by atoms with Gasteiger partial charge in [-0.05, 0) is 33.7 Å². The van der Waals surface area contributed by atoms with Gasteiger partial charge in [0.15, 0.2) is 0 Å². The summed E-state index contributed by atoms with van der Waals surface area (Å²) in [5, 5.41) is 14.9. The Kier molecular flexibility index (Phi) is 4.76. The van der Waals surface area contributed by atoms with Crippen LogP contribution in [-0.4, -0.2) is 31.3 Å². The van der Waals surface area contributed by atoms with Gasteiger partial charge in [0.2, 0.25) is 0 Å². The Labute approximate surface area is 103 Å². The fourth-order valence-corrected chi connectivity index (χ4v) is 1.84. The van der Waals surface area contributed by atoms with Crippen LogP contribution < -0.4 is 10.6 Å². The Hall–Kier alpha value is -1.28. The van der Waals surface area contributed by atoms with Gasteiger partial charge in [0, 0.05) is 19.0 Å². The second-order valence-corrected chi connectivity index (χ2v) is 5.37. The molecule has 0 aromatic carbocycles. The summed E-state index contributed by atoms with van der Waals surface area (Å²) in [6.07, 6.45) is 0.428. The van der Waals surface area contributed by atoms with E-state index in [4.69, 9.17) is 10.00 Å². The first-order valence-corrected chi connectivity index (χ1v) is 5.99. The number of carbonyl (C=O) groups is 1. The van der Waals surface area contributed by atoms with Gasteiger partial charge in [0.25, 0.3) is 0 Å². The van der Waals surface area contributed by atoms with Crippen LogP contribution in [0.2, 0.25) is 0 Å². The second kappa shape index (κ2) is 5.87. The molecule has 0 radical (unpaired) electrons. The Bertz CT molecular complexity index is 304. The monoisotopic (exact) mass is 239 g/mol. The maximum absolute atomic E-state index is 11.5. The predicted molar refractivity (Wildman–Crippen MR) is 64.3 cm³/mol. The van der Waals surface area contributed by atoms with E-state index in [0.29, 0.717) is 6.54 Å². The van der Waals surface area contributed by atoms with Crippen molar-refractivity contribution in [1.29, 1.82) is 5.26 Å². The standard InChI is InChI=1S/C12H21N3O2/c1-12(2,3)17-11(16)15-8-10-7-14-5-4-9(10)6-13/h9-10,14H,4-5,7-8H2,1-3H3,(H,15,16)/t9-,10-/m0/s1. The minimum atomic E-state index is -0.483. The maximum Gasteiger partial charge on any atom is 0.407 e. The van der Waals surface area contributed by atoms with Gasteiger partial charge in [-0.1, -0.05) is 0 Å². The van der Waals surface area contributed by atoms with Crippen molar-refractivity contribution in [2.24, 2.45) is 11.8 Å². The van der Waals surface area contributed by atoms with Crippen molar-refractivity contribution in [2.45, 2.75) is 32.8 Å². The first-order chi connectivity index (χ1) is 7.92. The summed E-state index contributed by atoms with van der Waals surface area (Å²) in [5.74, 6) is 0.187. The van der Waals surface area contributed by atoms with Gasteiger partial charge in [-0.3, -0.25) is 0 Å². The number of nitrogens with zero attached hydrogens (tertiary/aromatic N) is 1. The third kappa shape index (κ3) is 5.05. The smallest absolute Gasteiger partial charge is 0.407 e. The molecule has 0 spiro atoms. The molecule has 1 heterocycles. The molecule has 1 amide bonds. The Morgan fingerprint density at radius 3 is 2.88 bits per heavy atom. The first kappa shape index (κ1) is 13.8. The van der Waals surface area contributed by atoms with E-state index in [-0.39, 0.29) is 11.8 Å². The fraction of sp³-hybridized carbons (Fsp3) is 0.833. The number of carbonyl (C=O) groups excluding carboxylic acids is 1. The summed E-state index contributed by atoms with van der Waals surface area (Å²) in [4.78, 5) is 11.5. The molecule has 1 aliphatic rings. The molecule has 1 saturated heterocycles. The zero-order chi connectivity index (χ0) is 12.9. The summed E-state index contributed by atoms with van der Waals surface area (Å²) in [6.45, 7) is 7.61. The highest BCUT2D eigenvalue weighted by Crippen LogP contribution is 2.17. The molecule has 5 nitrogen and oxygen atoms in total. The predicted octanol–water partition coefficient (Wildman–Crippen LogP) is 1.26. The summed E-state index contributed by atoms with van der Waals surface area (Å²) >= 11 is 0. The third-order valence-corrected chi connectivity index (χ3v) is 2.68. The Morgan fingerprint density at radius 1 is 1.59 bits per heavy atom. The van der Waals surface area contributed by atoms with E-state index in [0.717, 1.165) is 19.5 Å². The van der Waals surface area contributed by atoms with Crippen molar-refractivity contribution in [1.82, 2.24) is 10.6 Å². The molecule has 1 rings (SSSR count). The van der Waals surface area contributed by atoms with Crippen LogP contribution in [0.15, 0.2) is 0 Å². The van der Waals surface area contributed by atoms with Gasteiger partial charge >= 0.3 is 6.09 Å². The molecule has 1 aliphatic heterocycles. The minimum Gasteiger partial charge on any atom is -0.444 e. The molecule has 0 aliphatic carbocycles. The lowest BCUT2D eigenvalue weighted by atomic mass is 9.88. The normalized spacial score (nSPS) is 24.8. The van der Waals surface area contributed by atoms with Gasteiger partial charge in [0.1, 0.15) is 5.60 Å². The molecule has 0 unspecified atom stereocenters. The van der Waals surface area contributed by atoms with Gasteiger partial charge in [-0.15, -0.1) is 0 Å². The van der Waals surface area contributed by atoms with Crippen LogP contribution >= 0.6 is 0 Å². The van der Waals surface area contributed by atoms with Crippen molar-refractivity contribution in [3.05, 3.63) is 0 Å². The fourth-order valence-electron chi connectivity index (χ4n) is 1.84. The van der Waals surface area contributed by atoms with Crippen LogP contribution in [0.1, 0.15) is 27.2 Å². The summed E-state index contributed by atoms with van der Waals surface area (Å²) in [7, 11) is 0. The zero-order valence-corrected chi connectivity index (χ0v) is 10.7. The number of hydrogen-bond acceptors (Lipinski definition) is 4.